The number of hydrogen-bond acceptors (Lipinski definition) is 2. The third kappa shape index (κ3) is 4.20. The van der Waals surface area contributed by atoms with E-state index in [0.717, 1.165) is 19.6 Å². The minimum absolute atomic E-state index is 0.620. The van der Waals surface area contributed by atoms with Crippen molar-refractivity contribution in [3.05, 3.63) is 29.8 Å². The number of nitrogens with one attached hydrogen (secondary N) is 1. The first-order chi connectivity index (χ1) is 7.81. The number of anilines is 1. The lowest BCUT2D eigenvalue weighted by Crippen LogP contribution is -2.27. The van der Waals surface area contributed by atoms with Crippen LogP contribution in [0.3, 0.4) is 0 Å². The number of nitrogens with zero attached hydrogens (tertiary/aromatic N) is 1. The molecule has 16 heavy (non-hydrogen) atoms. The van der Waals surface area contributed by atoms with Crippen LogP contribution in [0.15, 0.2) is 24.3 Å². The molecular formula is C12H18Cl2N2. The van der Waals surface area contributed by atoms with Gasteiger partial charge in [-0.2, -0.15) is 0 Å². The Balaban J connectivity index is 2.68. The number of benzene rings is 1. The molecule has 1 aromatic rings. The lowest BCUT2D eigenvalue weighted by Gasteiger charge is -2.23. The van der Waals surface area contributed by atoms with Gasteiger partial charge in [0, 0.05) is 37.1 Å². The predicted octanol–water partition coefficient (Wildman–Crippen LogP) is 2.69. The molecule has 0 saturated carbocycles. The van der Waals surface area contributed by atoms with E-state index in [-0.39, 0.29) is 0 Å². The summed E-state index contributed by atoms with van der Waals surface area (Å²) in [6, 6.07) is 8.49. The van der Waals surface area contributed by atoms with Gasteiger partial charge in [0.05, 0.1) is 0 Å². The van der Waals surface area contributed by atoms with E-state index < -0.39 is 0 Å². The van der Waals surface area contributed by atoms with Crippen molar-refractivity contribution in [3.8, 4) is 0 Å². The van der Waals surface area contributed by atoms with Crippen molar-refractivity contribution in [3.63, 3.8) is 0 Å². The van der Waals surface area contributed by atoms with Gasteiger partial charge in [0.1, 0.15) is 0 Å². The van der Waals surface area contributed by atoms with Gasteiger partial charge < -0.3 is 10.2 Å². The monoisotopic (exact) mass is 260 g/mol. The van der Waals surface area contributed by atoms with E-state index >= 15 is 0 Å². The summed E-state index contributed by atoms with van der Waals surface area (Å²) in [7, 11) is 1.95. The van der Waals surface area contributed by atoms with Gasteiger partial charge in [0.2, 0.25) is 0 Å². The molecule has 1 rings (SSSR count). The largest absolute Gasteiger partial charge is 0.369 e. The highest BCUT2D eigenvalue weighted by Crippen LogP contribution is 2.15. The van der Waals surface area contributed by atoms with E-state index in [1.807, 2.05) is 7.05 Å². The normalized spacial score (nSPS) is 10.4. The van der Waals surface area contributed by atoms with Gasteiger partial charge >= 0.3 is 0 Å². The highest BCUT2D eigenvalue weighted by Gasteiger charge is 2.04. The van der Waals surface area contributed by atoms with Crippen molar-refractivity contribution in [2.75, 3.05) is 36.8 Å². The second-order valence-electron chi connectivity index (χ2n) is 3.56. The molecule has 0 atom stereocenters. The van der Waals surface area contributed by atoms with E-state index in [4.69, 9.17) is 23.2 Å². The van der Waals surface area contributed by atoms with Gasteiger partial charge in [-0.3, -0.25) is 0 Å². The maximum Gasteiger partial charge on any atom is 0.0399 e. The molecule has 0 unspecified atom stereocenters. The summed E-state index contributed by atoms with van der Waals surface area (Å²) in [5, 5.41) is 3.13. The zero-order valence-corrected chi connectivity index (χ0v) is 11.1. The van der Waals surface area contributed by atoms with Crippen LogP contribution in [-0.2, 0) is 6.54 Å². The summed E-state index contributed by atoms with van der Waals surface area (Å²) >= 11 is 11.5. The van der Waals surface area contributed by atoms with E-state index in [1.165, 1.54) is 11.3 Å². The maximum atomic E-state index is 5.77. The van der Waals surface area contributed by atoms with Crippen LogP contribution < -0.4 is 10.2 Å². The van der Waals surface area contributed by atoms with Crippen molar-refractivity contribution in [2.24, 2.45) is 0 Å². The van der Waals surface area contributed by atoms with Crippen LogP contribution in [0.25, 0.3) is 0 Å². The minimum atomic E-state index is 0.620. The lowest BCUT2D eigenvalue weighted by molar-refractivity contribution is 0.816. The molecule has 2 nitrogen and oxygen atoms in total. The number of alkyl halides is 2. The lowest BCUT2D eigenvalue weighted by atomic mass is 10.2. The number of rotatable bonds is 7. The Kier molecular flexibility index (Phi) is 6.62. The average Bonchev–Trinajstić information content (AvgIpc) is 2.30. The van der Waals surface area contributed by atoms with Crippen LogP contribution in [0.1, 0.15) is 5.56 Å². The Bertz CT molecular complexity index is 282. The SMILES string of the molecule is CNCc1ccc(N(CCCl)CCCl)cc1. The van der Waals surface area contributed by atoms with E-state index in [2.05, 4.69) is 34.5 Å². The van der Waals surface area contributed by atoms with Crippen molar-refractivity contribution in [2.45, 2.75) is 6.54 Å². The topological polar surface area (TPSA) is 15.3 Å². The van der Waals surface area contributed by atoms with Crippen LogP contribution in [0.5, 0.6) is 0 Å². The molecule has 0 aromatic heterocycles. The van der Waals surface area contributed by atoms with Crippen LogP contribution >= 0.6 is 23.2 Å². The zero-order chi connectivity index (χ0) is 11.8. The van der Waals surface area contributed by atoms with Crippen molar-refractivity contribution in [1.29, 1.82) is 0 Å². The van der Waals surface area contributed by atoms with Gasteiger partial charge in [-0.05, 0) is 24.7 Å². The third-order valence-corrected chi connectivity index (χ3v) is 2.73. The Morgan fingerprint density at radius 3 is 2.06 bits per heavy atom. The van der Waals surface area contributed by atoms with Crippen molar-refractivity contribution < 1.29 is 0 Å². The first-order valence-corrected chi connectivity index (χ1v) is 6.49. The summed E-state index contributed by atoms with van der Waals surface area (Å²) in [6.07, 6.45) is 0. The molecule has 0 saturated heterocycles. The van der Waals surface area contributed by atoms with Crippen LogP contribution in [0.4, 0.5) is 5.69 Å². The number of halogens is 2. The molecule has 0 aliphatic carbocycles. The molecule has 0 bridgehead atoms. The van der Waals surface area contributed by atoms with Crippen LogP contribution in [0, 0.1) is 0 Å². The van der Waals surface area contributed by atoms with Gasteiger partial charge in [0.15, 0.2) is 0 Å². The molecule has 0 radical (unpaired) electrons. The second kappa shape index (κ2) is 7.77. The Morgan fingerprint density at radius 2 is 1.62 bits per heavy atom. The summed E-state index contributed by atoms with van der Waals surface area (Å²) in [4.78, 5) is 2.20. The van der Waals surface area contributed by atoms with Crippen molar-refractivity contribution >= 4 is 28.9 Å². The van der Waals surface area contributed by atoms with Gasteiger partial charge in [0.25, 0.3) is 0 Å². The second-order valence-corrected chi connectivity index (χ2v) is 4.32. The fourth-order valence-corrected chi connectivity index (χ4v) is 2.01. The first-order valence-electron chi connectivity index (χ1n) is 5.42. The predicted molar refractivity (Wildman–Crippen MR) is 72.9 cm³/mol. The molecule has 0 amide bonds. The molecule has 90 valence electrons. The highest BCUT2D eigenvalue weighted by atomic mass is 35.5. The first kappa shape index (κ1) is 13.6. The fourth-order valence-electron chi connectivity index (χ4n) is 1.60. The highest BCUT2D eigenvalue weighted by molar-refractivity contribution is 6.18. The minimum Gasteiger partial charge on any atom is -0.369 e. The zero-order valence-electron chi connectivity index (χ0n) is 9.55. The van der Waals surface area contributed by atoms with E-state index in [1.54, 1.807) is 0 Å². The molecule has 4 heteroatoms. The summed E-state index contributed by atoms with van der Waals surface area (Å²) in [5.41, 5.74) is 2.46. The van der Waals surface area contributed by atoms with E-state index in [0.29, 0.717) is 11.8 Å². The van der Waals surface area contributed by atoms with Crippen LogP contribution in [-0.4, -0.2) is 31.9 Å². The Labute approximate surface area is 108 Å². The maximum absolute atomic E-state index is 5.77. The molecule has 0 spiro atoms. The quantitative estimate of drug-likeness (QED) is 0.759. The molecule has 0 heterocycles. The summed E-state index contributed by atoms with van der Waals surface area (Å²) in [6.45, 7) is 2.56. The fraction of sp³-hybridized carbons (Fsp3) is 0.500. The number of hydrogen-bond donors (Lipinski definition) is 1. The molecular weight excluding hydrogens is 243 g/mol. The standard InChI is InChI=1S/C12H18Cl2N2/c1-15-10-11-2-4-12(5-3-11)16(8-6-13)9-7-14/h2-5,15H,6-10H2,1H3. The Morgan fingerprint density at radius 1 is 1.06 bits per heavy atom. The molecule has 0 aliphatic rings. The smallest absolute Gasteiger partial charge is 0.0399 e. The molecule has 1 N–H and O–H groups in total. The molecule has 0 fully saturated rings. The van der Waals surface area contributed by atoms with E-state index in [9.17, 15) is 0 Å². The third-order valence-electron chi connectivity index (χ3n) is 2.39. The van der Waals surface area contributed by atoms with Gasteiger partial charge in [-0.1, -0.05) is 12.1 Å². The van der Waals surface area contributed by atoms with Crippen molar-refractivity contribution in [1.82, 2.24) is 5.32 Å². The summed E-state index contributed by atoms with van der Waals surface area (Å²) < 4.78 is 0. The Hall–Kier alpha value is -0.440. The molecule has 0 aliphatic heterocycles. The van der Waals surface area contributed by atoms with Gasteiger partial charge in [-0.25, -0.2) is 0 Å². The summed E-state index contributed by atoms with van der Waals surface area (Å²) in [5.74, 6) is 1.24. The average molecular weight is 261 g/mol. The van der Waals surface area contributed by atoms with Gasteiger partial charge in [-0.15, -0.1) is 23.2 Å². The molecule has 1 aromatic carbocycles. The van der Waals surface area contributed by atoms with Crippen LogP contribution in [0.2, 0.25) is 0 Å².